The van der Waals surface area contributed by atoms with Gasteiger partial charge in [-0.15, -0.1) is 11.3 Å². The maximum Gasteiger partial charge on any atom is 0.220 e. The van der Waals surface area contributed by atoms with Crippen molar-refractivity contribution < 1.29 is 9.53 Å². The van der Waals surface area contributed by atoms with Gasteiger partial charge >= 0.3 is 0 Å². The van der Waals surface area contributed by atoms with Gasteiger partial charge in [0.1, 0.15) is 0 Å². The average Bonchev–Trinajstić information content (AvgIpc) is 2.69. The monoisotopic (exact) mass is 305 g/mol. The molecule has 0 spiro atoms. The third kappa shape index (κ3) is 4.63. The summed E-state index contributed by atoms with van der Waals surface area (Å²) < 4.78 is 6.14. The number of ether oxygens (including phenoxy) is 1. The lowest BCUT2D eigenvalue weighted by atomic mass is 10.2. The Hall–Kier alpha value is -0.390. The number of carbonyl (C=O) groups excluding carboxylic acids is 1. The number of hydrogen-bond acceptors (Lipinski definition) is 3. The van der Waals surface area contributed by atoms with E-state index in [1.165, 1.54) is 0 Å². The molecule has 16 heavy (non-hydrogen) atoms. The number of amides is 1. The van der Waals surface area contributed by atoms with E-state index in [2.05, 4.69) is 21.2 Å². The summed E-state index contributed by atoms with van der Waals surface area (Å²) in [5.74, 6) is 0.0733. The third-order valence-electron chi connectivity index (χ3n) is 2.32. The van der Waals surface area contributed by atoms with Gasteiger partial charge in [0.2, 0.25) is 5.91 Å². The molecule has 1 amide bonds. The second-order valence-electron chi connectivity index (χ2n) is 3.55. The van der Waals surface area contributed by atoms with Crippen molar-refractivity contribution in [2.75, 3.05) is 7.11 Å². The van der Waals surface area contributed by atoms with Crippen LogP contribution in [0.15, 0.2) is 15.9 Å². The molecular formula is C11H16BrNO2S. The molecule has 0 bridgehead atoms. The van der Waals surface area contributed by atoms with Gasteiger partial charge in [0.15, 0.2) is 0 Å². The number of rotatable bonds is 6. The second kappa shape index (κ2) is 7.04. The zero-order valence-corrected chi connectivity index (χ0v) is 11.9. The highest BCUT2D eigenvalue weighted by molar-refractivity contribution is 9.10. The summed E-state index contributed by atoms with van der Waals surface area (Å²) >= 11 is 5.06. The van der Waals surface area contributed by atoms with Crippen LogP contribution in [0.3, 0.4) is 0 Å². The second-order valence-corrected chi connectivity index (χ2v) is 5.41. The van der Waals surface area contributed by atoms with Crippen LogP contribution in [-0.4, -0.2) is 19.1 Å². The minimum atomic E-state index is 0.0733. The van der Waals surface area contributed by atoms with E-state index in [-0.39, 0.29) is 12.0 Å². The molecule has 1 rings (SSSR count). The Morgan fingerprint density at radius 3 is 3.00 bits per heavy atom. The molecule has 1 aromatic rings. The molecule has 3 nitrogen and oxygen atoms in total. The molecule has 1 atom stereocenters. The Morgan fingerprint density at radius 2 is 2.44 bits per heavy atom. The molecular weight excluding hydrogens is 290 g/mol. The highest BCUT2D eigenvalue weighted by Crippen LogP contribution is 2.22. The lowest BCUT2D eigenvalue weighted by Crippen LogP contribution is -2.23. The maximum absolute atomic E-state index is 11.5. The predicted molar refractivity (Wildman–Crippen MR) is 69.6 cm³/mol. The van der Waals surface area contributed by atoms with Crippen LogP contribution in [0.4, 0.5) is 0 Å². The summed E-state index contributed by atoms with van der Waals surface area (Å²) in [6.45, 7) is 2.56. The van der Waals surface area contributed by atoms with Crippen LogP contribution >= 0.6 is 27.3 Å². The van der Waals surface area contributed by atoms with Crippen molar-refractivity contribution in [1.82, 2.24) is 5.32 Å². The van der Waals surface area contributed by atoms with Gasteiger partial charge in [0.05, 0.1) is 12.6 Å². The number of carbonyl (C=O) groups is 1. The predicted octanol–water partition coefficient (Wildman–Crippen LogP) is 2.94. The zero-order valence-electron chi connectivity index (χ0n) is 9.46. The van der Waals surface area contributed by atoms with Gasteiger partial charge in [-0.3, -0.25) is 4.79 Å². The van der Waals surface area contributed by atoms with E-state index < -0.39 is 0 Å². The van der Waals surface area contributed by atoms with Gasteiger partial charge in [-0.25, -0.2) is 0 Å². The van der Waals surface area contributed by atoms with Crippen LogP contribution in [0.1, 0.15) is 24.6 Å². The van der Waals surface area contributed by atoms with E-state index in [4.69, 9.17) is 4.74 Å². The van der Waals surface area contributed by atoms with E-state index in [0.29, 0.717) is 13.0 Å². The number of nitrogens with one attached hydrogen (secondary N) is 1. The molecule has 0 aliphatic heterocycles. The van der Waals surface area contributed by atoms with Crippen LogP contribution in [0.5, 0.6) is 0 Å². The Bertz CT molecular complexity index is 340. The van der Waals surface area contributed by atoms with Crippen molar-refractivity contribution in [3.63, 3.8) is 0 Å². The van der Waals surface area contributed by atoms with Crippen molar-refractivity contribution in [2.45, 2.75) is 32.4 Å². The number of methoxy groups -OCH3 is 1. The zero-order chi connectivity index (χ0) is 12.0. The van der Waals surface area contributed by atoms with Crippen LogP contribution in [-0.2, 0) is 16.1 Å². The number of halogens is 1. The number of thiophene rings is 1. The third-order valence-corrected chi connectivity index (χ3v) is 4.24. The SMILES string of the molecule is COC(C)CCC(=O)NCc1sccc1Br. The van der Waals surface area contributed by atoms with Gasteiger partial charge in [0.25, 0.3) is 0 Å². The molecule has 0 aliphatic carbocycles. The first kappa shape index (κ1) is 13.7. The summed E-state index contributed by atoms with van der Waals surface area (Å²) in [6, 6.07) is 1.99. The lowest BCUT2D eigenvalue weighted by Gasteiger charge is -2.09. The summed E-state index contributed by atoms with van der Waals surface area (Å²) in [7, 11) is 1.66. The van der Waals surface area contributed by atoms with E-state index in [1.807, 2.05) is 18.4 Å². The summed E-state index contributed by atoms with van der Waals surface area (Å²) in [5.41, 5.74) is 0. The van der Waals surface area contributed by atoms with E-state index in [0.717, 1.165) is 15.8 Å². The standard InChI is InChI=1S/C11H16BrNO2S/c1-8(15-2)3-4-11(14)13-7-10-9(12)5-6-16-10/h5-6,8H,3-4,7H2,1-2H3,(H,13,14). The van der Waals surface area contributed by atoms with E-state index >= 15 is 0 Å². The van der Waals surface area contributed by atoms with Crippen molar-refractivity contribution in [3.05, 3.63) is 20.8 Å². The first-order chi connectivity index (χ1) is 7.63. The average molecular weight is 306 g/mol. The summed E-state index contributed by atoms with van der Waals surface area (Å²) in [5, 5.41) is 4.89. The summed E-state index contributed by atoms with van der Waals surface area (Å²) in [4.78, 5) is 12.6. The van der Waals surface area contributed by atoms with Gasteiger partial charge in [-0.2, -0.15) is 0 Å². The fourth-order valence-electron chi connectivity index (χ4n) is 1.17. The molecule has 0 saturated heterocycles. The minimum absolute atomic E-state index is 0.0733. The van der Waals surface area contributed by atoms with Gasteiger partial charge in [0, 0.05) is 22.9 Å². The fraction of sp³-hybridized carbons (Fsp3) is 0.545. The fourth-order valence-corrected chi connectivity index (χ4v) is 2.60. The first-order valence-electron chi connectivity index (χ1n) is 5.15. The Morgan fingerprint density at radius 1 is 1.69 bits per heavy atom. The molecule has 1 unspecified atom stereocenters. The van der Waals surface area contributed by atoms with E-state index in [1.54, 1.807) is 18.4 Å². The normalized spacial score (nSPS) is 12.4. The topological polar surface area (TPSA) is 38.3 Å². The minimum Gasteiger partial charge on any atom is -0.382 e. The number of hydrogen-bond donors (Lipinski definition) is 1. The van der Waals surface area contributed by atoms with Crippen LogP contribution < -0.4 is 5.32 Å². The Kier molecular flexibility index (Phi) is 6.01. The molecule has 0 radical (unpaired) electrons. The Labute approximate surface area is 108 Å². The molecule has 1 heterocycles. The molecule has 0 aromatic carbocycles. The van der Waals surface area contributed by atoms with Crippen LogP contribution in [0.2, 0.25) is 0 Å². The van der Waals surface area contributed by atoms with Crippen LogP contribution in [0, 0.1) is 0 Å². The quantitative estimate of drug-likeness (QED) is 0.877. The van der Waals surface area contributed by atoms with Crippen molar-refractivity contribution in [3.8, 4) is 0 Å². The molecule has 1 N–H and O–H groups in total. The first-order valence-corrected chi connectivity index (χ1v) is 6.82. The highest BCUT2D eigenvalue weighted by Gasteiger charge is 2.07. The summed E-state index contributed by atoms with van der Waals surface area (Å²) in [6.07, 6.45) is 1.41. The lowest BCUT2D eigenvalue weighted by molar-refractivity contribution is -0.121. The highest BCUT2D eigenvalue weighted by atomic mass is 79.9. The largest absolute Gasteiger partial charge is 0.382 e. The molecule has 90 valence electrons. The molecule has 0 aliphatic rings. The van der Waals surface area contributed by atoms with Gasteiger partial charge in [-0.05, 0) is 40.7 Å². The Balaban J connectivity index is 2.23. The van der Waals surface area contributed by atoms with Crippen molar-refractivity contribution >= 4 is 33.2 Å². The van der Waals surface area contributed by atoms with Crippen LogP contribution in [0.25, 0.3) is 0 Å². The maximum atomic E-state index is 11.5. The molecule has 0 fully saturated rings. The van der Waals surface area contributed by atoms with Gasteiger partial charge < -0.3 is 10.1 Å². The van der Waals surface area contributed by atoms with E-state index in [9.17, 15) is 4.79 Å². The van der Waals surface area contributed by atoms with Crippen molar-refractivity contribution in [1.29, 1.82) is 0 Å². The molecule has 1 aromatic heterocycles. The smallest absolute Gasteiger partial charge is 0.220 e. The van der Waals surface area contributed by atoms with Crippen molar-refractivity contribution in [2.24, 2.45) is 0 Å². The van der Waals surface area contributed by atoms with Gasteiger partial charge in [-0.1, -0.05) is 0 Å². The molecule has 5 heteroatoms. The molecule has 0 saturated carbocycles.